The number of rotatable bonds is 6. The minimum absolute atomic E-state index is 0.00250. The van der Waals surface area contributed by atoms with E-state index in [4.69, 9.17) is 9.84 Å². The van der Waals surface area contributed by atoms with Gasteiger partial charge in [0.15, 0.2) is 0 Å². The largest absolute Gasteiger partial charge is 0.496 e. The summed E-state index contributed by atoms with van der Waals surface area (Å²) in [5, 5.41) is 18.9. The number of carboxylic acid groups (broad SMARTS) is 1. The number of hydrogen-bond acceptors (Lipinski definition) is 5. The highest BCUT2D eigenvalue weighted by Gasteiger charge is 2.46. The number of β-amino-alcohol motifs (C(OH)–C–C–N with tert-alkyl or cyclic N) is 1. The molecule has 1 aromatic rings. The van der Waals surface area contributed by atoms with Gasteiger partial charge < -0.3 is 14.9 Å². The maximum Gasteiger partial charge on any atom is 0.307 e. The van der Waals surface area contributed by atoms with Crippen LogP contribution in [0.2, 0.25) is 0 Å². The van der Waals surface area contributed by atoms with E-state index >= 15 is 0 Å². The zero-order chi connectivity index (χ0) is 16.5. The van der Waals surface area contributed by atoms with E-state index in [0.717, 1.165) is 0 Å². The van der Waals surface area contributed by atoms with E-state index in [9.17, 15) is 18.3 Å². The Labute approximate surface area is 129 Å². The molecule has 0 radical (unpaired) electrons. The summed E-state index contributed by atoms with van der Waals surface area (Å²) in [5.74, 6) is -0.743. The normalized spacial score (nSPS) is 17.8. The number of ether oxygens (including phenoxy) is 1. The highest BCUT2D eigenvalue weighted by atomic mass is 32.2. The fourth-order valence-electron chi connectivity index (χ4n) is 2.37. The number of benzene rings is 1. The van der Waals surface area contributed by atoms with Crippen LogP contribution in [0.15, 0.2) is 23.1 Å². The fourth-order valence-corrected chi connectivity index (χ4v) is 4.02. The number of carbonyl (C=O) groups is 1. The Balaban J connectivity index is 2.30. The van der Waals surface area contributed by atoms with Crippen LogP contribution in [0.5, 0.6) is 5.75 Å². The molecule has 2 rings (SSSR count). The minimum atomic E-state index is -3.74. The summed E-state index contributed by atoms with van der Waals surface area (Å²) >= 11 is 0. The van der Waals surface area contributed by atoms with Gasteiger partial charge in [-0.15, -0.1) is 0 Å². The van der Waals surface area contributed by atoms with Crippen molar-refractivity contribution in [2.24, 2.45) is 0 Å². The van der Waals surface area contributed by atoms with E-state index < -0.39 is 21.6 Å². The Morgan fingerprint density at radius 1 is 1.41 bits per heavy atom. The van der Waals surface area contributed by atoms with Crippen LogP contribution >= 0.6 is 0 Å². The number of aliphatic hydroxyl groups is 1. The van der Waals surface area contributed by atoms with Gasteiger partial charge in [0.25, 0.3) is 0 Å². The Morgan fingerprint density at radius 2 is 2.05 bits per heavy atom. The average molecular weight is 329 g/mol. The van der Waals surface area contributed by atoms with Crippen LogP contribution in [-0.4, -0.2) is 54.7 Å². The number of aliphatic carboxylic acids is 1. The first-order valence-corrected chi connectivity index (χ1v) is 8.27. The average Bonchev–Trinajstić information content (AvgIpc) is 2.43. The summed E-state index contributed by atoms with van der Waals surface area (Å²) in [4.78, 5) is 10.9. The third-order valence-corrected chi connectivity index (χ3v) is 5.62. The molecule has 0 amide bonds. The van der Waals surface area contributed by atoms with Crippen molar-refractivity contribution < 1.29 is 28.2 Å². The quantitative estimate of drug-likeness (QED) is 0.786. The van der Waals surface area contributed by atoms with Gasteiger partial charge in [-0.25, -0.2) is 8.42 Å². The molecule has 1 aliphatic rings. The van der Waals surface area contributed by atoms with Gasteiger partial charge >= 0.3 is 5.97 Å². The van der Waals surface area contributed by atoms with Gasteiger partial charge in [0.2, 0.25) is 10.0 Å². The predicted molar refractivity (Wildman–Crippen MR) is 78.3 cm³/mol. The van der Waals surface area contributed by atoms with Crippen LogP contribution in [0.3, 0.4) is 0 Å². The topological polar surface area (TPSA) is 104 Å². The molecule has 0 unspecified atom stereocenters. The number of nitrogens with zero attached hydrogens (tertiary/aromatic N) is 1. The molecule has 1 heterocycles. The second-order valence-electron chi connectivity index (χ2n) is 5.40. The molecule has 1 saturated heterocycles. The third-order valence-electron chi connectivity index (χ3n) is 3.83. The second kappa shape index (κ2) is 5.86. The lowest BCUT2D eigenvalue weighted by Crippen LogP contribution is -2.62. The zero-order valence-corrected chi connectivity index (χ0v) is 13.3. The highest BCUT2D eigenvalue weighted by molar-refractivity contribution is 7.89. The first-order chi connectivity index (χ1) is 10.2. The molecule has 0 aromatic heterocycles. The summed E-state index contributed by atoms with van der Waals surface area (Å²) < 4.78 is 31.2. The maximum atomic E-state index is 12.5. The van der Waals surface area contributed by atoms with Gasteiger partial charge in [0.05, 0.1) is 24.0 Å². The summed E-state index contributed by atoms with van der Waals surface area (Å²) in [7, 11) is -2.35. The molecule has 0 atom stereocenters. The van der Waals surface area contributed by atoms with Crippen LogP contribution in [0.25, 0.3) is 0 Å². The Bertz CT molecular complexity index is 679. The lowest BCUT2D eigenvalue weighted by Gasteiger charge is -2.44. The van der Waals surface area contributed by atoms with Crippen molar-refractivity contribution in [3.8, 4) is 5.75 Å². The number of hydrogen-bond donors (Lipinski definition) is 2. The van der Waals surface area contributed by atoms with Crippen LogP contribution in [-0.2, 0) is 21.2 Å². The van der Waals surface area contributed by atoms with Crippen LogP contribution in [0.1, 0.15) is 18.9 Å². The monoisotopic (exact) mass is 329 g/mol. The van der Waals surface area contributed by atoms with Crippen molar-refractivity contribution in [1.82, 2.24) is 4.31 Å². The lowest BCUT2D eigenvalue weighted by atomic mass is 9.94. The SMILES string of the molecule is CCC1(O)CN(S(=O)(=O)c2ccc(OC)c(CC(=O)O)c2)C1. The molecule has 1 aromatic carbocycles. The molecular formula is C14H19NO6S. The van der Waals surface area contributed by atoms with E-state index in [1.807, 2.05) is 0 Å². The van der Waals surface area contributed by atoms with Crippen molar-refractivity contribution in [2.45, 2.75) is 30.3 Å². The fraction of sp³-hybridized carbons (Fsp3) is 0.500. The molecule has 2 N–H and O–H groups in total. The van der Waals surface area contributed by atoms with Crippen molar-refractivity contribution in [3.05, 3.63) is 23.8 Å². The highest BCUT2D eigenvalue weighted by Crippen LogP contribution is 2.32. The Morgan fingerprint density at radius 3 is 2.55 bits per heavy atom. The van der Waals surface area contributed by atoms with E-state index in [1.165, 1.54) is 29.6 Å². The van der Waals surface area contributed by atoms with Crippen molar-refractivity contribution >= 4 is 16.0 Å². The van der Waals surface area contributed by atoms with E-state index in [0.29, 0.717) is 17.7 Å². The maximum absolute atomic E-state index is 12.5. The number of sulfonamides is 1. The third kappa shape index (κ3) is 3.08. The smallest absolute Gasteiger partial charge is 0.307 e. The van der Waals surface area contributed by atoms with Gasteiger partial charge in [-0.3, -0.25) is 4.79 Å². The second-order valence-corrected chi connectivity index (χ2v) is 7.33. The van der Waals surface area contributed by atoms with Crippen molar-refractivity contribution in [1.29, 1.82) is 0 Å². The molecular weight excluding hydrogens is 310 g/mol. The molecule has 22 heavy (non-hydrogen) atoms. The standard InChI is InChI=1S/C14H19NO6S/c1-3-14(18)8-15(9-14)22(19,20)11-4-5-12(21-2)10(6-11)7-13(16)17/h4-6,18H,3,7-9H2,1-2H3,(H,16,17). The van der Waals surface area contributed by atoms with Crippen molar-refractivity contribution in [3.63, 3.8) is 0 Å². The van der Waals surface area contributed by atoms with E-state index in [2.05, 4.69) is 0 Å². The summed E-state index contributed by atoms with van der Waals surface area (Å²) in [6.07, 6.45) is 0.150. The summed E-state index contributed by atoms with van der Waals surface area (Å²) in [6.45, 7) is 1.89. The molecule has 1 aliphatic heterocycles. The van der Waals surface area contributed by atoms with Gasteiger partial charge in [-0.1, -0.05) is 6.92 Å². The molecule has 7 nitrogen and oxygen atoms in total. The van der Waals surface area contributed by atoms with E-state index in [-0.39, 0.29) is 24.4 Å². The van der Waals surface area contributed by atoms with Gasteiger partial charge in [0, 0.05) is 18.7 Å². The van der Waals surface area contributed by atoms with Crippen LogP contribution < -0.4 is 4.74 Å². The molecule has 8 heteroatoms. The molecule has 0 aliphatic carbocycles. The zero-order valence-electron chi connectivity index (χ0n) is 12.4. The molecule has 0 saturated carbocycles. The Hall–Kier alpha value is -1.64. The van der Waals surface area contributed by atoms with Gasteiger partial charge in [0.1, 0.15) is 5.75 Å². The van der Waals surface area contributed by atoms with Crippen LogP contribution in [0, 0.1) is 0 Å². The Kier molecular flexibility index (Phi) is 4.46. The summed E-state index contributed by atoms with van der Waals surface area (Å²) in [5.41, 5.74) is -0.675. The predicted octanol–water partition coefficient (Wildman–Crippen LogP) is 0.468. The molecule has 0 spiro atoms. The summed E-state index contributed by atoms with van der Waals surface area (Å²) in [6, 6.07) is 4.13. The van der Waals surface area contributed by atoms with Crippen LogP contribution in [0.4, 0.5) is 0 Å². The van der Waals surface area contributed by atoms with Gasteiger partial charge in [-0.2, -0.15) is 4.31 Å². The van der Waals surface area contributed by atoms with E-state index in [1.54, 1.807) is 6.92 Å². The number of carboxylic acids is 1. The first-order valence-electron chi connectivity index (χ1n) is 6.83. The lowest BCUT2D eigenvalue weighted by molar-refractivity contribution is -0.136. The molecule has 0 bridgehead atoms. The van der Waals surface area contributed by atoms with Gasteiger partial charge in [-0.05, 0) is 24.6 Å². The molecule has 1 fully saturated rings. The first kappa shape index (κ1) is 16.7. The van der Waals surface area contributed by atoms with Crippen molar-refractivity contribution in [2.75, 3.05) is 20.2 Å². The minimum Gasteiger partial charge on any atom is -0.496 e. The number of methoxy groups -OCH3 is 1. The molecule has 122 valence electrons.